The monoisotopic (exact) mass is 307 g/mol. The first-order valence-corrected chi connectivity index (χ1v) is 7.61. The second kappa shape index (κ2) is 5.78. The van der Waals surface area contributed by atoms with Gasteiger partial charge < -0.3 is 9.64 Å². The summed E-state index contributed by atoms with van der Waals surface area (Å²) in [6.45, 7) is 3.27. The number of rotatable bonds is 1. The van der Waals surface area contributed by atoms with Gasteiger partial charge in [0.25, 0.3) is 0 Å². The van der Waals surface area contributed by atoms with Gasteiger partial charge in [-0.25, -0.2) is 4.98 Å². The number of hydrogen-bond donors (Lipinski definition) is 0. The maximum absolute atomic E-state index is 5.45. The molecule has 6 nitrogen and oxygen atoms in total. The molecule has 0 spiro atoms. The van der Waals surface area contributed by atoms with E-state index in [2.05, 4.69) is 37.3 Å². The van der Waals surface area contributed by atoms with E-state index < -0.39 is 0 Å². The smallest absolute Gasteiger partial charge is 0.139 e. The zero-order valence-electron chi connectivity index (χ0n) is 12.9. The van der Waals surface area contributed by atoms with Gasteiger partial charge in [-0.2, -0.15) is 5.10 Å². The molecular formula is C17H17N5O. The van der Waals surface area contributed by atoms with E-state index in [0.717, 1.165) is 49.0 Å². The molecule has 4 heterocycles. The third kappa shape index (κ3) is 2.67. The molecule has 0 amide bonds. The predicted octanol–water partition coefficient (Wildman–Crippen LogP) is 1.30. The van der Waals surface area contributed by atoms with E-state index in [0.29, 0.717) is 0 Å². The highest BCUT2D eigenvalue weighted by Gasteiger charge is 2.15. The fraction of sp³-hybridized carbons (Fsp3) is 0.294. The quantitative estimate of drug-likeness (QED) is 0.636. The molecule has 1 fully saturated rings. The molecule has 0 atom stereocenters. The summed E-state index contributed by atoms with van der Waals surface area (Å²) < 4.78 is 9.30. The van der Waals surface area contributed by atoms with Gasteiger partial charge in [0.2, 0.25) is 0 Å². The number of ether oxygens (including phenoxy) is 1. The molecule has 0 bridgehead atoms. The van der Waals surface area contributed by atoms with Crippen molar-refractivity contribution in [3.8, 4) is 11.8 Å². The van der Waals surface area contributed by atoms with Crippen LogP contribution in [0.2, 0.25) is 0 Å². The number of imidazole rings is 1. The lowest BCUT2D eigenvalue weighted by atomic mass is 10.3. The fourth-order valence-corrected chi connectivity index (χ4v) is 2.77. The summed E-state index contributed by atoms with van der Waals surface area (Å²) in [6, 6.07) is 6.14. The number of anilines is 1. The highest BCUT2D eigenvalue weighted by atomic mass is 16.5. The lowest BCUT2D eigenvalue weighted by molar-refractivity contribution is 0.122. The van der Waals surface area contributed by atoms with Crippen LogP contribution in [0.3, 0.4) is 0 Å². The molecule has 0 aliphatic carbocycles. The van der Waals surface area contributed by atoms with Crippen molar-refractivity contribution in [1.29, 1.82) is 0 Å². The Balaban J connectivity index is 1.77. The maximum Gasteiger partial charge on any atom is 0.139 e. The highest BCUT2D eigenvalue weighted by molar-refractivity contribution is 5.56. The van der Waals surface area contributed by atoms with Crippen LogP contribution in [0.15, 0.2) is 36.8 Å². The van der Waals surface area contributed by atoms with Crippen LogP contribution in [0, 0.1) is 11.8 Å². The lowest BCUT2D eigenvalue weighted by Gasteiger charge is -2.29. The van der Waals surface area contributed by atoms with Crippen molar-refractivity contribution in [2.75, 3.05) is 31.2 Å². The summed E-state index contributed by atoms with van der Waals surface area (Å²) in [5.74, 6) is 7.48. The molecule has 116 valence electrons. The van der Waals surface area contributed by atoms with E-state index in [1.807, 2.05) is 31.6 Å². The van der Waals surface area contributed by atoms with E-state index in [-0.39, 0.29) is 0 Å². The number of nitrogens with zero attached hydrogens (tertiary/aromatic N) is 5. The van der Waals surface area contributed by atoms with E-state index in [1.54, 1.807) is 10.9 Å². The molecule has 1 aliphatic rings. The van der Waals surface area contributed by atoms with Gasteiger partial charge >= 0.3 is 0 Å². The molecule has 0 aromatic carbocycles. The summed E-state index contributed by atoms with van der Waals surface area (Å²) in [5.41, 5.74) is 2.68. The maximum atomic E-state index is 5.45. The Morgan fingerprint density at radius 3 is 2.78 bits per heavy atom. The Morgan fingerprint density at radius 2 is 2.00 bits per heavy atom. The van der Waals surface area contributed by atoms with E-state index in [9.17, 15) is 0 Å². The van der Waals surface area contributed by atoms with E-state index in [1.165, 1.54) is 0 Å². The molecular weight excluding hydrogens is 290 g/mol. The summed E-state index contributed by atoms with van der Waals surface area (Å²) in [4.78, 5) is 6.79. The molecule has 3 aromatic rings. The van der Waals surface area contributed by atoms with Crippen LogP contribution in [0.4, 0.5) is 5.82 Å². The highest BCUT2D eigenvalue weighted by Crippen LogP contribution is 2.20. The van der Waals surface area contributed by atoms with Crippen molar-refractivity contribution in [3.63, 3.8) is 0 Å². The van der Waals surface area contributed by atoms with Gasteiger partial charge in [0, 0.05) is 26.3 Å². The molecule has 0 N–H and O–H groups in total. The van der Waals surface area contributed by atoms with Crippen molar-refractivity contribution >= 4 is 11.5 Å². The average Bonchev–Trinajstić information content (AvgIpc) is 3.19. The van der Waals surface area contributed by atoms with Crippen LogP contribution in [-0.2, 0) is 11.8 Å². The molecule has 4 rings (SSSR count). The summed E-state index contributed by atoms with van der Waals surface area (Å²) in [5, 5.41) is 4.14. The third-order valence-corrected chi connectivity index (χ3v) is 3.88. The van der Waals surface area contributed by atoms with Crippen LogP contribution >= 0.6 is 0 Å². The topological polar surface area (TPSA) is 47.6 Å². The van der Waals surface area contributed by atoms with Crippen LogP contribution in [-0.4, -0.2) is 45.5 Å². The second-order valence-electron chi connectivity index (χ2n) is 5.47. The first-order valence-electron chi connectivity index (χ1n) is 7.61. The van der Waals surface area contributed by atoms with Crippen LogP contribution < -0.4 is 4.90 Å². The molecule has 6 heteroatoms. The number of fused-ring (bicyclic) bond motifs is 1. The zero-order chi connectivity index (χ0) is 15.6. The summed E-state index contributed by atoms with van der Waals surface area (Å²) in [7, 11) is 1.88. The van der Waals surface area contributed by atoms with Crippen molar-refractivity contribution in [3.05, 3.63) is 48.0 Å². The van der Waals surface area contributed by atoms with Gasteiger partial charge in [-0.3, -0.25) is 9.08 Å². The minimum atomic E-state index is 0.752. The first kappa shape index (κ1) is 13.9. The van der Waals surface area contributed by atoms with Crippen molar-refractivity contribution in [1.82, 2.24) is 19.2 Å². The van der Waals surface area contributed by atoms with Gasteiger partial charge in [0.1, 0.15) is 17.2 Å². The zero-order valence-corrected chi connectivity index (χ0v) is 12.9. The molecule has 1 saturated heterocycles. The molecule has 3 aromatic heterocycles. The first-order chi connectivity index (χ1) is 11.3. The molecule has 23 heavy (non-hydrogen) atoms. The predicted molar refractivity (Wildman–Crippen MR) is 87.4 cm³/mol. The van der Waals surface area contributed by atoms with Crippen molar-refractivity contribution < 1.29 is 4.74 Å². The number of aryl methyl sites for hydroxylation is 1. The van der Waals surface area contributed by atoms with Gasteiger partial charge in [-0.05, 0) is 18.1 Å². The normalized spacial score (nSPS) is 14.7. The summed E-state index contributed by atoms with van der Waals surface area (Å²) >= 11 is 0. The van der Waals surface area contributed by atoms with E-state index in [4.69, 9.17) is 4.74 Å². The summed E-state index contributed by atoms with van der Waals surface area (Å²) in [6.07, 6.45) is 5.49. The Morgan fingerprint density at radius 1 is 1.13 bits per heavy atom. The molecule has 0 unspecified atom stereocenters. The Hall–Kier alpha value is -2.78. The minimum Gasteiger partial charge on any atom is -0.378 e. The molecule has 1 aliphatic heterocycles. The van der Waals surface area contributed by atoms with Crippen LogP contribution in [0.25, 0.3) is 5.65 Å². The lowest BCUT2D eigenvalue weighted by Crippen LogP contribution is -2.37. The third-order valence-electron chi connectivity index (χ3n) is 3.88. The second-order valence-corrected chi connectivity index (χ2v) is 5.47. The van der Waals surface area contributed by atoms with Crippen LogP contribution in [0.1, 0.15) is 11.3 Å². The SMILES string of the molecule is Cn1cc(C#Cc2cnc3cccc(N4CCOCC4)n23)cn1. The number of morpholine rings is 1. The fourth-order valence-electron chi connectivity index (χ4n) is 2.77. The van der Waals surface area contributed by atoms with Gasteiger partial charge in [0.05, 0.1) is 31.2 Å². The Kier molecular flexibility index (Phi) is 3.48. The van der Waals surface area contributed by atoms with Gasteiger partial charge in [-0.15, -0.1) is 0 Å². The average molecular weight is 307 g/mol. The van der Waals surface area contributed by atoms with Gasteiger partial charge in [-0.1, -0.05) is 12.0 Å². The van der Waals surface area contributed by atoms with Crippen molar-refractivity contribution in [2.45, 2.75) is 0 Å². The minimum absolute atomic E-state index is 0.752. The molecule has 0 radical (unpaired) electrons. The Labute approximate surface area is 134 Å². The number of aromatic nitrogens is 4. The van der Waals surface area contributed by atoms with Crippen molar-refractivity contribution in [2.24, 2.45) is 7.05 Å². The standard InChI is InChI=1S/C17H17N5O/c1-20-13-14(11-19-20)5-6-15-12-18-16-3-2-4-17(22(15)16)21-7-9-23-10-8-21/h2-4,11-13H,7-10H2,1H3. The van der Waals surface area contributed by atoms with Crippen LogP contribution in [0.5, 0.6) is 0 Å². The largest absolute Gasteiger partial charge is 0.378 e. The Bertz CT molecular complexity index is 892. The van der Waals surface area contributed by atoms with E-state index >= 15 is 0 Å². The number of hydrogen-bond acceptors (Lipinski definition) is 4. The molecule has 0 saturated carbocycles. The number of pyridine rings is 1. The van der Waals surface area contributed by atoms with Gasteiger partial charge in [0.15, 0.2) is 0 Å².